The van der Waals surface area contributed by atoms with Gasteiger partial charge in [-0.1, -0.05) is 11.8 Å². The van der Waals surface area contributed by atoms with Crippen LogP contribution < -0.4 is 14.8 Å². The Morgan fingerprint density at radius 3 is 2.86 bits per heavy atom. The molecule has 21 heavy (non-hydrogen) atoms. The molecule has 0 aliphatic heterocycles. The second-order valence-corrected chi connectivity index (χ2v) is 4.82. The molecule has 0 radical (unpaired) electrons. The van der Waals surface area contributed by atoms with E-state index in [0.29, 0.717) is 22.3 Å². The lowest BCUT2D eigenvalue weighted by molar-refractivity contribution is -0.118. The molecule has 1 aromatic heterocycles. The lowest BCUT2D eigenvalue weighted by Crippen LogP contribution is -2.20. The van der Waals surface area contributed by atoms with E-state index < -0.39 is 0 Å². The Labute approximate surface area is 125 Å². The van der Waals surface area contributed by atoms with Crippen molar-refractivity contribution in [3.63, 3.8) is 0 Å². The zero-order valence-corrected chi connectivity index (χ0v) is 12.7. The molecule has 0 saturated carbocycles. The van der Waals surface area contributed by atoms with Crippen molar-refractivity contribution in [3.05, 3.63) is 18.2 Å². The van der Waals surface area contributed by atoms with E-state index in [2.05, 4.69) is 20.8 Å². The third-order valence-corrected chi connectivity index (χ3v) is 3.59. The van der Waals surface area contributed by atoms with Gasteiger partial charge in [0.2, 0.25) is 11.1 Å². The van der Waals surface area contributed by atoms with Crippen molar-refractivity contribution in [3.8, 4) is 17.2 Å². The Bertz CT molecular complexity index is 631. The summed E-state index contributed by atoms with van der Waals surface area (Å²) in [7, 11) is 4.72. The first-order chi connectivity index (χ1) is 10.2. The second kappa shape index (κ2) is 6.93. The Balaban J connectivity index is 2.30. The molecule has 2 rings (SSSR count). The van der Waals surface area contributed by atoms with Gasteiger partial charge in [0.05, 0.1) is 20.0 Å². The van der Waals surface area contributed by atoms with Gasteiger partial charge in [0.1, 0.15) is 17.2 Å². The quantitative estimate of drug-likeness (QED) is 0.778. The molecule has 8 nitrogen and oxygen atoms in total. The van der Waals surface area contributed by atoms with Gasteiger partial charge in [-0.2, -0.15) is 4.68 Å². The normalized spacial score (nSPS) is 10.2. The molecular weight excluding hydrogens is 294 g/mol. The Morgan fingerprint density at radius 2 is 2.19 bits per heavy atom. The summed E-state index contributed by atoms with van der Waals surface area (Å²) in [5.74, 6) is 1.37. The topological polar surface area (TPSA) is 91.2 Å². The molecule has 1 N–H and O–H groups in total. The van der Waals surface area contributed by atoms with Crippen LogP contribution in [0.4, 0.5) is 0 Å². The molecule has 1 amide bonds. The average Bonchev–Trinajstić information content (AvgIpc) is 3.00. The van der Waals surface area contributed by atoms with Crippen LogP contribution >= 0.6 is 11.8 Å². The van der Waals surface area contributed by atoms with Gasteiger partial charge in [-0.05, 0) is 22.6 Å². The highest BCUT2D eigenvalue weighted by atomic mass is 32.2. The molecule has 2 aromatic rings. The molecule has 0 fully saturated rings. The minimum atomic E-state index is -0.101. The zero-order valence-electron chi connectivity index (χ0n) is 11.9. The number of ether oxygens (including phenoxy) is 2. The number of tetrazole rings is 1. The van der Waals surface area contributed by atoms with E-state index in [1.54, 1.807) is 39.5 Å². The number of benzene rings is 1. The van der Waals surface area contributed by atoms with E-state index in [1.807, 2.05) is 0 Å². The van der Waals surface area contributed by atoms with Gasteiger partial charge in [-0.15, -0.1) is 5.10 Å². The fourth-order valence-corrected chi connectivity index (χ4v) is 2.34. The van der Waals surface area contributed by atoms with Gasteiger partial charge in [-0.25, -0.2) is 0 Å². The monoisotopic (exact) mass is 309 g/mol. The number of hydrogen-bond acceptors (Lipinski definition) is 7. The van der Waals surface area contributed by atoms with E-state index in [9.17, 15) is 4.79 Å². The zero-order chi connectivity index (χ0) is 15.2. The minimum absolute atomic E-state index is 0.101. The second-order valence-electron chi connectivity index (χ2n) is 3.87. The number of thioether (sulfide) groups is 1. The maximum atomic E-state index is 11.3. The van der Waals surface area contributed by atoms with Crippen LogP contribution in [-0.4, -0.2) is 53.1 Å². The van der Waals surface area contributed by atoms with E-state index in [4.69, 9.17) is 9.47 Å². The fraction of sp³-hybridized carbons (Fsp3) is 0.333. The van der Waals surface area contributed by atoms with E-state index >= 15 is 0 Å². The van der Waals surface area contributed by atoms with Crippen LogP contribution in [0.2, 0.25) is 0 Å². The van der Waals surface area contributed by atoms with Crippen molar-refractivity contribution >= 4 is 17.7 Å². The summed E-state index contributed by atoms with van der Waals surface area (Å²) in [6, 6.07) is 5.31. The standard InChI is InChI=1S/C12H15N5O3S/c1-13-11(18)7-21-12-14-15-16-17(12)9-5-4-8(19-2)6-10(9)20-3/h4-6H,7H2,1-3H3,(H,13,18). The predicted molar refractivity (Wildman–Crippen MR) is 77.0 cm³/mol. The highest BCUT2D eigenvalue weighted by Crippen LogP contribution is 2.29. The molecule has 0 bridgehead atoms. The summed E-state index contributed by atoms with van der Waals surface area (Å²) in [5, 5.41) is 14.5. The number of hydrogen-bond donors (Lipinski definition) is 1. The van der Waals surface area contributed by atoms with Crippen LogP contribution in [0.5, 0.6) is 11.5 Å². The molecular formula is C12H15N5O3S. The lowest BCUT2D eigenvalue weighted by Gasteiger charge is -2.10. The van der Waals surface area contributed by atoms with Crippen LogP contribution in [0.3, 0.4) is 0 Å². The molecule has 0 saturated heterocycles. The summed E-state index contributed by atoms with van der Waals surface area (Å²) in [4.78, 5) is 11.3. The summed E-state index contributed by atoms with van der Waals surface area (Å²) in [6.45, 7) is 0. The van der Waals surface area contributed by atoms with Crippen LogP contribution in [0.15, 0.2) is 23.4 Å². The van der Waals surface area contributed by atoms with Crippen LogP contribution in [0.25, 0.3) is 5.69 Å². The largest absolute Gasteiger partial charge is 0.497 e. The molecule has 9 heteroatoms. The highest BCUT2D eigenvalue weighted by molar-refractivity contribution is 7.99. The molecule has 0 unspecified atom stereocenters. The summed E-state index contributed by atoms with van der Waals surface area (Å²) in [5.41, 5.74) is 0.669. The maximum Gasteiger partial charge on any atom is 0.230 e. The van der Waals surface area contributed by atoms with Crippen LogP contribution in [-0.2, 0) is 4.79 Å². The number of carbonyl (C=O) groups excluding carboxylic acids is 1. The Kier molecular flexibility index (Phi) is 4.99. The van der Waals surface area contributed by atoms with Crippen molar-refractivity contribution in [2.75, 3.05) is 27.0 Å². The average molecular weight is 309 g/mol. The number of carbonyl (C=O) groups is 1. The highest BCUT2D eigenvalue weighted by Gasteiger charge is 2.15. The molecule has 0 aliphatic rings. The SMILES string of the molecule is CNC(=O)CSc1nnnn1-c1ccc(OC)cc1OC. The first kappa shape index (κ1) is 15.1. The number of rotatable bonds is 6. The van der Waals surface area contributed by atoms with Crippen molar-refractivity contribution in [1.29, 1.82) is 0 Å². The van der Waals surface area contributed by atoms with Gasteiger partial charge in [0.25, 0.3) is 0 Å². The fourth-order valence-electron chi connectivity index (χ4n) is 1.58. The van der Waals surface area contributed by atoms with Crippen molar-refractivity contribution < 1.29 is 14.3 Å². The van der Waals surface area contributed by atoms with Gasteiger partial charge in [0, 0.05) is 13.1 Å². The van der Waals surface area contributed by atoms with Crippen molar-refractivity contribution in [2.24, 2.45) is 0 Å². The third-order valence-electron chi connectivity index (χ3n) is 2.67. The van der Waals surface area contributed by atoms with E-state index in [0.717, 1.165) is 0 Å². The number of methoxy groups -OCH3 is 2. The van der Waals surface area contributed by atoms with Gasteiger partial charge < -0.3 is 14.8 Å². The predicted octanol–water partition coefficient (Wildman–Crippen LogP) is 0.518. The minimum Gasteiger partial charge on any atom is -0.497 e. The van der Waals surface area contributed by atoms with Gasteiger partial charge >= 0.3 is 0 Å². The first-order valence-electron chi connectivity index (χ1n) is 6.03. The van der Waals surface area contributed by atoms with Crippen LogP contribution in [0, 0.1) is 0 Å². The number of amides is 1. The van der Waals surface area contributed by atoms with Crippen molar-refractivity contribution in [2.45, 2.75) is 5.16 Å². The van der Waals surface area contributed by atoms with Crippen molar-refractivity contribution in [1.82, 2.24) is 25.5 Å². The molecule has 112 valence electrons. The Morgan fingerprint density at radius 1 is 1.38 bits per heavy atom. The summed E-state index contributed by atoms with van der Waals surface area (Å²) in [6.07, 6.45) is 0. The number of aromatic nitrogens is 4. The first-order valence-corrected chi connectivity index (χ1v) is 7.02. The lowest BCUT2D eigenvalue weighted by atomic mass is 10.3. The Hall–Kier alpha value is -2.29. The van der Waals surface area contributed by atoms with Crippen LogP contribution in [0.1, 0.15) is 0 Å². The van der Waals surface area contributed by atoms with E-state index in [1.165, 1.54) is 16.4 Å². The molecule has 0 spiro atoms. The maximum absolute atomic E-state index is 11.3. The van der Waals surface area contributed by atoms with Gasteiger partial charge in [0.15, 0.2) is 0 Å². The van der Waals surface area contributed by atoms with E-state index in [-0.39, 0.29) is 11.7 Å². The summed E-state index contributed by atoms with van der Waals surface area (Å²) >= 11 is 1.24. The third kappa shape index (κ3) is 3.43. The summed E-state index contributed by atoms with van der Waals surface area (Å²) < 4.78 is 12.0. The number of nitrogens with one attached hydrogen (secondary N) is 1. The molecule has 0 atom stereocenters. The smallest absolute Gasteiger partial charge is 0.230 e. The number of nitrogens with zero attached hydrogens (tertiary/aromatic N) is 4. The molecule has 0 aliphatic carbocycles. The van der Waals surface area contributed by atoms with Gasteiger partial charge in [-0.3, -0.25) is 4.79 Å². The molecule has 1 aromatic carbocycles. The molecule has 1 heterocycles.